The third kappa shape index (κ3) is 1.55. The van der Waals surface area contributed by atoms with Crippen LogP contribution < -0.4 is 0 Å². The third-order valence-corrected chi connectivity index (χ3v) is 5.35. The molecule has 0 aromatic rings. The molecule has 0 N–H and O–H groups in total. The van der Waals surface area contributed by atoms with Crippen molar-refractivity contribution in [2.24, 2.45) is 17.8 Å². The standard InChI is InChI=1S/C13H23BO2/c1-12(2)13(3,4)16-14(15-12)8-11-9-6-5-7-10(9)11/h9-11H,5-8H2,1-4H3. The molecule has 2 aliphatic carbocycles. The van der Waals surface area contributed by atoms with Crippen molar-refractivity contribution in [2.75, 3.05) is 0 Å². The molecule has 2 unspecified atom stereocenters. The van der Waals surface area contributed by atoms with Gasteiger partial charge < -0.3 is 9.31 Å². The topological polar surface area (TPSA) is 18.5 Å². The van der Waals surface area contributed by atoms with Gasteiger partial charge in [0.15, 0.2) is 0 Å². The fourth-order valence-electron chi connectivity index (χ4n) is 3.60. The molecule has 0 aromatic carbocycles. The molecule has 3 heteroatoms. The van der Waals surface area contributed by atoms with Gasteiger partial charge in [-0.15, -0.1) is 0 Å². The van der Waals surface area contributed by atoms with Crippen LogP contribution in [0.15, 0.2) is 0 Å². The fourth-order valence-corrected chi connectivity index (χ4v) is 3.60. The molecule has 2 atom stereocenters. The average molecular weight is 222 g/mol. The van der Waals surface area contributed by atoms with E-state index in [4.69, 9.17) is 9.31 Å². The monoisotopic (exact) mass is 222 g/mol. The predicted molar refractivity (Wildman–Crippen MR) is 65.2 cm³/mol. The van der Waals surface area contributed by atoms with Crippen molar-refractivity contribution in [3.63, 3.8) is 0 Å². The van der Waals surface area contributed by atoms with Gasteiger partial charge in [0.2, 0.25) is 0 Å². The van der Waals surface area contributed by atoms with Crippen molar-refractivity contribution in [2.45, 2.75) is 64.5 Å². The number of fused-ring (bicyclic) bond motifs is 1. The van der Waals surface area contributed by atoms with Gasteiger partial charge in [-0.1, -0.05) is 6.42 Å². The molecule has 90 valence electrons. The summed E-state index contributed by atoms with van der Waals surface area (Å²) in [5, 5.41) is 0. The van der Waals surface area contributed by atoms with E-state index in [-0.39, 0.29) is 18.3 Å². The van der Waals surface area contributed by atoms with E-state index in [9.17, 15) is 0 Å². The Kier molecular flexibility index (Phi) is 2.26. The number of hydrogen-bond acceptors (Lipinski definition) is 2. The van der Waals surface area contributed by atoms with Crippen LogP contribution in [0, 0.1) is 17.8 Å². The molecular weight excluding hydrogens is 199 g/mol. The zero-order valence-electron chi connectivity index (χ0n) is 11.0. The van der Waals surface area contributed by atoms with Gasteiger partial charge in [0.1, 0.15) is 0 Å². The summed E-state index contributed by atoms with van der Waals surface area (Å²) in [6, 6.07) is 0. The first-order valence-electron chi connectivity index (χ1n) is 6.76. The van der Waals surface area contributed by atoms with Crippen LogP contribution in [0.25, 0.3) is 0 Å². The van der Waals surface area contributed by atoms with E-state index >= 15 is 0 Å². The lowest BCUT2D eigenvalue weighted by atomic mass is 9.80. The minimum atomic E-state index is -0.151. The first-order chi connectivity index (χ1) is 7.41. The summed E-state index contributed by atoms with van der Waals surface area (Å²) in [5.74, 6) is 2.93. The van der Waals surface area contributed by atoms with Crippen molar-refractivity contribution in [1.82, 2.24) is 0 Å². The molecule has 0 spiro atoms. The second-order valence-corrected chi connectivity index (χ2v) is 6.84. The first kappa shape index (κ1) is 11.1. The summed E-state index contributed by atoms with van der Waals surface area (Å²) in [7, 11) is 0.0422. The van der Waals surface area contributed by atoms with Gasteiger partial charge in [-0.3, -0.25) is 0 Å². The van der Waals surface area contributed by atoms with Crippen LogP contribution in [-0.2, 0) is 9.31 Å². The minimum Gasteiger partial charge on any atom is -0.403 e. The Hall–Kier alpha value is -0.0151. The minimum absolute atomic E-state index is 0.0422. The van der Waals surface area contributed by atoms with Gasteiger partial charge in [0, 0.05) is 0 Å². The highest BCUT2D eigenvalue weighted by Crippen LogP contribution is 2.60. The summed E-state index contributed by atoms with van der Waals surface area (Å²) in [6.45, 7) is 8.56. The Morgan fingerprint density at radius 1 is 1.00 bits per heavy atom. The third-order valence-electron chi connectivity index (χ3n) is 5.35. The van der Waals surface area contributed by atoms with Gasteiger partial charge in [0.05, 0.1) is 11.2 Å². The van der Waals surface area contributed by atoms with Crippen LogP contribution in [0.5, 0.6) is 0 Å². The maximum atomic E-state index is 6.06. The first-order valence-corrected chi connectivity index (χ1v) is 6.76. The quantitative estimate of drug-likeness (QED) is 0.668. The zero-order chi connectivity index (χ0) is 11.6. The molecule has 3 rings (SSSR count). The lowest BCUT2D eigenvalue weighted by Gasteiger charge is -2.32. The number of rotatable bonds is 2. The SMILES string of the molecule is CC1(C)OB(CC2C3CCCC32)OC1(C)C. The van der Waals surface area contributed by atoms with Gasteiger partial charge in [-0.2, -0.15) is 0 Å². The summed E-state index contributed by atoms with van der Waals surface area (Å²) < 4.78 is 12.1. The van der Waals surface area contributed by atoms with Crippen molar-refractivity contribution >= 4 is 7.12 Å². The van der Waals surface area contributed by atoms with E-state index in [1.807, 2.05) is 0 Å². The smallest absolute Gasteiger partial charge is 0.403 e. The molecule has 0 radical (unpaired) electrons. The van der Waals surface area contributed by atoms with Crippen molar-refractivity contribution in [3.8, 4) is 0 Å². The van der Waals surface area contributed by atoms with E-state index < -0.39 is 0 Å². The highest BCUT2D eigenvalue weighted by Gasteiger charge is 2.58. The second-order valence-electron chi connectivity index (χ2n) is 6.84. The highest BCUT2D eigenvalue weighted by molar-refractivity contribution is 6.45. The molecule has 1 aliphatic heterocycles. The molecule has 3 aliphatic rings. The lowest BCUT2D eigenvalue weighted by Crippen LogP contribution is -2.41. The molecule has 0 amide bonds. The second kappa shape index (κ2) is 3.26. The molecule has 1 heterocycles. The van der Waals surface area contributed by atoms with E-state index in [2.05, 4.69) is 27.7 Å². The molecule has 0 bridgehead atoms. The molecule has 2 saturated carbocycles. The van der Waals surface area contributed by atoms with Gasteiger partial charge in [-0.05, 0) is 64.6 Å². The predicted octanol–water partition coefficient (Wildman–Crippen LogP) is 3.12. The Labute approximate surface area is 99.2 Å². The summed E-state index contributed by atoms with van der Waals surface area (Å²) >= 11 is 0. The number of hydrogen-bond donors (Lipinski definition) is 0. The van der Waals surface area contributed by atoms with Crippen LogP contribution in [0.3, 0.4) is 0 Å². The molecule has 16 heavy (non-hydrogen) atoms. The maximum Gasteiger partial charge on any atom is 0.458 e. The molecule has 1 saturated heterocycles. The Bertz CT molecular complexity index is 274. The van der Waals surface area contributed by atoms with Crippen molar-refractivity contribution in [1.29, 1.82) is 0 Å². The van der Waals surface area contributed by atoms with E-state index in [0.29, 0.717) is 0 Å². The molecule has 2 nitrogen and oxygen atoms in total. The lowest BCUT2D eigenvalue weighted by molar-refractivity contribution is 0.00578. The van der Waals surface area contributed by atoms with Crippen LogP contribution in [0.1, 0.15) is 47.0 Å². The van der Waals surface area contributed by atoms with Crippen LogP contribution in [0.2, 0.25) is 6.32 Å². The Balaban J connectivity index is 1.59. The fraction of sp³-hybridized carbons (Fsp3) is 1.00. The zero-order valence-corrected chi connectivity index (χ0v) is 11.0. The van der Waals surface area contributed by atoms with E-state index in [1.165, 1.54) is 19.3 Å². The summed E-state index contributed by atoms with van der Waals surface area (Å²) in [6.07, 6.45) is 5.49. The normalized spacial score (nSPS) is 43.5. The average Bonchev–Trinajstić information content (AvgIpc) is 2.56. The molecular formula is C13H23BO2. The van der Waals surface area contributed by atoms with Gasteiger partial charge in [0.25, 0.3) is 0 Å². The largest absolute Gasteiger partial charge is 0.458 e. The molecule has 3 fully saturated rings. The van der Waals surface area contributed by atoms with Crippen molar-refractivity contribution < 1.29 is 9.31 Å². The maximum absolute atomic E-state index is 6.06. The van der Waals surface area contributed by atoms with Gasteiger partial charge in [-0.25, -0.2) is 0 Å². The molecule has 0 aromatic heterocycles. The van der Waals surface area contributed by atoms with E-state index in [1.54, 1.807) is 0 Å². The van der Waals surface area contributed by atoms with Gasteiger partial charge >= 0.3 is 7.12 Å². The van der Waals surface area contributed by atoms with Crippen molar-refractivity contribution in [3.05, 3.63) is 0 Å². The Morgan fingerprint density at radius 2 is 1.50 bits per heavy atom. The van der Waals surface area contributed by atoms with Crippen LogP contribution in [-0.4, -0.2) is 18.3 Å². The van der Waals surface area contributed by atoms with Crippen LogP contribution >= 0.6 is 0 Å². The highest BCUT2D eigenvalue weighted by atomic mass is 16.7. The summed E-state index contributed by atoms with van der Waals surface area (Å²) in [4.78, 5) is 0. The van der Waals surface area contributed by atoms with Crippen LogP contribution in [0.4, 0.5) is 0 Å². The summed E-state index contributed by atoms with van der Waals surface area (Å²) in [5.41, 5.74) is -0.302. The van der Waals surface area contributed by atoms with E-state index in [0.717, 1.165) is 24.1 Å². The Morgan fingerprint density at radius 3 is 2.00 bits per heavy atom.